The Labute approximate surface area is 121 Å². The number of esters is 1. The smallest absolute Gasteiger partial charge is 0.313 e. The zero-order valence-corrected chi connectivity index (χ0v) is 12.7. The Balaban J connectivity index is 2.30. The topological polar surface area (TPSA) is 52.3 Å². The molecule has 0 heterocycles. The maximum Gasteiger partial charge on any atom is 0.313 e. The zero-order chi connectivity index (χ0) is 14.8. The van der Waals surface area contributed by atoms with Gasteiger partial charge < -0.3 is 10.5 Å². The van der Waals surface area contributed by atoms with Gasteiger partial charge in [-0.25, -0.2) is 0 Å². The lowest BCUT2D eigenvalue weighted by atomic mass is 9.76. The van der Waals surface area contributed by atoms with Gasteiger partial charge in [-0.3, -0.25) is 4.79 Å². The van der Waals surface area contributed by atoms with Gasteiger partial charge in [0.1, 0.15) is 0 Å². The fourth-order valence-corrected chi connectivity index (χ4v) is 2.91. The number of carbonyl (C=O) groups excluding carboxylic acids is 1. The van der Waals surface area contributed by atoms with Crippen molar-refractivity contribution in [3.8, 4) is 0 Å². The molecule has 3 heteroatoms. The molecule has 0 aromatic heterocycles. The molecule has 1 aromatic rings. The summed E-state index contributed by atoms with van der Waals surface area (Å²) >= 11 is 0. The van der Waals surface area contributed by atoms with Gasteiger partial charge in [-0.2, -0.15) is 0 Å². The van der Waals surface area contributed by atoms with Crippen molar-refractivity contribution in [1.82, 2.24) is 0 Å². The van der Waals surface area contributed by atoms with E-state index in [4.69, 9.17) is 10.5 Å². The van der Waals surface area contributed by atoms with Crippen molar-refractivity contribution < 1.29 is 9.53 Å². The second kappa shape index (κ2) is 5.96. The summed E-state index contributed by atoms with van der Waals surface area (Å²) in [6.45, 7) is 4.51. The molecular weight excluding hydrogens is 250 g/mol. The highest BCUT2D eigenvalue weighted by Gasteiger charge is 2.43. The third-order valence-corrected chi connectivity index (χ3v) is 4.42. The van der Waals surface area contributed by atoms with Crippen LogP contribution >= 0.6 is 0 Å². The van der Waals surface area contributed by atoms with Crippen molar-refractivity contribution in [3.05, 3.63) is 34.9 Å². The van der Waals surface area contributed by atoms with Gasteiger partial charge in [-0.1, -0.05) is 36.6 Å². The number of methoxy groups -OCH3 is 1. The van der Waals surface area contributed by atoms with Crippen molar-refractivity contribution in [3.63, 3.8) is 0 Å². The zero-order valence-electron chi connectivity index (χ0n) is 12.7. The first kappa shape index (κ1) is 15.0. The summed E-state index contributed by atoms with van der Waals surface area (Å²) in [7, 11) is 1.46. The van der Waals surface area contributed by atoms with Crippen molar-refractivity contribution in [2.24, 2.45) is 17.1 Å². The Morgan fingerprint density at radius 2 is 2.10 bits per heavy atom. The van der Waals surface area contributed by atoms with E-state index in [0.29, 0.717) is 18.9 Å². The van der Waals surface area contributed by atoms with E-state index in [0.717, 1.165) is 6.42 Å². The molecule has 1 atom stereocenters. The largest absolute Gasteiger partial charge is 0.469 e. The van der Waals surface area contributed by atoms with Crippen LogP contribution in [-0.2, 0) is 16.0 Å². The van der Waals surface area contributed by atoms with Gasteiger partial charge in [0.2, 0.25) is 0 Å². The van der Waals surface area contributed by atoms with Gasteiger partial charge >= 0.3 is 5.97 Å². The van der Waals surface area contributed by atoms with Crippen molar-refractivity contribution in [2.45, 2.75) is 39.5 Å². The molecule has 0 saturated heterocycles. The molecule has 0 radical (unpaired) electrons. The van der Waals surface area contributed by atoms with Gasteiger partial charge in [0.25, 0.3) is 0 Å². The summed E-state index contributed by atoms with van der Waals surface area (Å²) in [5.41, 5.74) is 9.08. The molecule has 0 spiro atoms. The first-order valence-corrected chi connectivity index (χ1v) is 7.35. The molecule has 0 aliphatic heterocycles. The maximum atomic E-state index is 12.3. The van der Waals surface area contributed by atoms with E-state index >= 15 is 0 Å². The van der Waals surface area contributed by atoms with Crippen LogP contribution in [0.2, 0.25) is 0 Å². The highest BCUT2D eigenvalue weighted by atomic mass is 16.5. The van der Waals surface area contributed by atoms with Gasteiger partial charge in [0.05, 0.1) is 12.5 Å². The van der Waals surface area contributed by atoms with Crippen LogP contribution in [0.25, 0.3) is 0 Å². The lowest BCUT2D eigenvalue weighted by Crippen LogP contribution is -2.42. The van der Waals surface area contributed by atoms with E-state index in [2.05, 4.69) is 32.0 Å². The lowest BCUT2D eigenvalue weighted by Gasteiger charge is -2.30. The summed E-state index contributed by atoms with van der Waals surface area (Å²) in [4.78, 5) is 12.3. The van der Waals surface area contributed by atoms with E-state index in [1.165, 1.54) is 36.6 Å². The number of carbonyl (C=O) groups is 1. The second-order valence-electron chi connectivity index (χ2n) is 6.23. The van der Waals surface area contributed by atoms with Crippen LogP contribution < -0.4 is 5.73 Å². The van der Waals surface area contributed by atoms with Crippen LogP contribution in [-0.4, -0.2) is 19.6 Å². The van der Waals surface area contributed by atoms with Gasteiger partial charge in [0, 0.05) is 6.54 Å². The van der Waals surface area contributed by atoms with Crippen LogP contribution in [0, 0.1) is 25.2 Å². The highest BCUT2D eigenvalue weighted by Crippen LogP contribution is 2.42. The number of benzene rings is 1. The minimum absolute atomic E-state index is 0.159. The number of hydrogen-bond acceptors (Lipinski definition) is 3. The number of ether oxygens (including phenoxy) is 1. The quantitative estimate of drug-likeness (QED) is 0.812. The van der Waals surface area contributed by atoms with Crippen LogP contribution in [0.3, 0.4) is 0 Å². The first-order chi connectivity index (χ1) is 9.50. The van der Waals surface area contributed by atoms with Crippen molar-refractivity contribution in [2.75, 3.05) is 13.7 Å². The minimum Gasteiger partial charge on any atom is -0.469 e. The molecule has 1 aliphatic rings. The molecule has 2 N–H and O–H groups in total. The monoisotopic (exact) mass is 275 g/mol. The molecule has 1 aliphatic carbocycles. The van der Waals surface area contributed by atoms with Crippen molar-refractivity contribution in [1.29, 1.82) is 0 Å². The predicted molar refractivity (Wildman–Crippen MR) is 80.5 cm³/mol. The van der Waals surface area contributed by atoms with Gasteiger partial charge in [-0.05, 0) is 43.7 Å². The lowest BCUT2D eigenvalue weighted by molar-refractivity contribution is -0.153. The van der Waals surface area contributed by atoms with E-state index in [-0.39, 0.29) is 5.97 Å². The molecule has 1 unspecified atom stereocenters. The van der Waals surface area contributed by atoms with Crippen molar-refractivity contribution >= 4 is 5.97 Å². The average molecular weight is 275 g/mol. The van der Waals surface area contributed by atoms with Crippen LogP contribution in [0.4, 0.5) is 0 Å². The normalized spacial score (nSPS) is 17.6. The summed E-state index contributed by atoms with van der Waals surface area (Å²) in [5, 5.41) is 0. The average Bonchev–Trinajstić information content (AvgIpc) is 3.25. The van der Waals surface area contributed by atoms with Crippen LogP contribution in [0.15, 0.2) is 18.2 Å². The SMILES string of the molecule is COC(=O)C(CN)(Cc1cc(C)ccc1C)CC1CC1. The summed E-state index contributed by atoms with van der Waals surface area (Å²) in [6.07, 6.45) is 3.96. The number of aryl methyl sites for hydroxylation is 2. The standard InChI is InChI=1S/C17H25NO2/c1-12-4-5-13(2)15(8-12)10-17(11-18,16(19)20-3)9-14-6-7-14/h4-5,8,14H,6-7,9-11,18H2,1-3H3. The minimum atomic E-state index is -0.561. The molecule has 110 valence electrons. The molecule has 1 fully saturated rings. The third-order valence-electron chi connectivity index (χ3n) is 4.42. The summed E-state index contributed by atoms with van der Waals surface area (Å²) in [5.74, 6) is 0.482. The number of nitrogens with two attached hydrogens (primary N) is 1. The molecule has 3 nitrogen and oxygen atoms in total. The predicted octanol–water partition coefficient (Wildman–Crippen LogP) is 2.76. The fraction of sp³-hybridized carbons (Fsp3) is 0.588. The maximum absolute atomic E-state index is 12.3. The Hall–Kier alpha value is -1.35. The fourth-order valence-electron chi connectivity index (χ4n) is 2.91. The van der Waals surface area contributed by atoms with E-state index < -0.39 is 5.41 Å². The van der Waals surface area contributed by atoms with Gasteiger partial charge in [-0.15, -0.1) is 0 Å². The molecule has 20 heavy (non-hydrogen) atoms. The Morgan fingerprint density at radius 1 is 1.40 bits per heavy atom. The number of hydrogen-bond donors (Lipinski definition) is 1. The highest BCUT2D eigenvalue weighted by molar-refractivity contribution is 5.77. The molecule has 0 bridgehead atoms. The van der Waals surface area contributed by atoms with Gasteiger partial charge in [0.15, 0.2) is 0 Å². The Kier molecular flexibility index (Phi) is 4.48. The summed E-state index contributed by atoms with van der Waals surface area (Å²) in [6, 6.07) is 6.37. The van der Waals surface area contributed by atoms with Crippen LogP contribution in [0.5, 0.6) is 0 Å². The molecule has 1 aromatic carbocycles. The molecule has 0 amide bonds. The molecule has 1 saturated carbocycles. The van der Waals surface area contributed by atoms with E-state index in [1.807, 2.05) is 0 Å². The molecular formula is C17H25NO2. The van der Waals surface area contributed by atoms with E-state index in [9.17, 15) is 4.79 Å². The van der Waals surface area contributed by atoms with Crippen LogP contribution in [0.1, 0.15) is 36.0 Å². The molecule has 2 rings (SSSR count). The third kappa shape index (κ3) is 3.21. The Morgan fingerprint density at radius 3 is 2.65 bits per heavy atom. The summed E-state index contributed by atoms with van der Waals surface area (Å²) < 4.78 is 5.06. The second-order valence-corrected chi connectivity index (χ2v) is 6.23. The number of rotatable bonds is 6. The van der Waals surface area contributed by atoms with E-state index in [1.54, 1.807) is 0 Å². The Bertz CT molecular complexity index is 494. The first-order valence-electron chi connectivity index (χ1n) is 7.35.